The number of aromatic nitrogens is 4. The summed E-state index contributed by atoms with van der Waals surface area (Å²) in [4.78, 5) is 31.2. The molecule has 1 atom stereocenters. The first-order valence-corrected chi connectivity index (χ1v) is 11.0. The number of nitrogens with zero attached hydrogens (tertiary/aromatic N) is 4. The number of hydrogen-bond acceptors (Lipinski definition) is 8. The lowest BCUT2D eigenvalue weighted by Crippen LogP contribution is -2.30. The van der Waals surface area contributed by atoms with Gasteiger partial charge in [0, 0.05) is 17.1 Å². The maximum Gasteiger partial charge on any atom is 0.329 e. The normalized spacial score (nSPS) is 12.3. The second kappa shape index (κ2) is 9.93. The Hall–Kier alpha value is -3.90. The van der Waals surface area contributed by atoms with Gasteiger partial charge in [-0.25, -0.2) is 10.2 Å². The zero-order valence-electron chi connectivity index (χ0n) is 18.0. The van der Waals surface area contributed by atoms with Gasteiger partial charge in [0.1, 0.15) is 24.2 Å². The second-order valence-corrected chi connectivity index (χ2v) is 8.30. The number of hydrazone groups is 1. The smallest absolute Gasteiger partial charge is 0.329 e. The van der Waals surface area contributed by atoms with Crippen LogP contribution in [0.1, 0.15) is 5.56 Å². The molecule has 0 unspecified atom stereocenters. The molecular weight excluding hydrogens is 508 g/mol. The van der Waals surface area contributed by atoms with Crippen molar-refractivity contribution in [1.82, 2.24) is 19.1 Å². The number of ether oxygens (including phenoxy) is 1. The van der Waals surface area contributed by atoms with Gasteiger partial charge in [-0.1, -0.05) is 28.1 Å². The van der Waals surface area contributed by atoms with Crippen molar-refractivity contribution in [3.8, 4) is 11.5 Å². The van der Waals surface area contributed by atoms with Gasteiger partial charge < -0.3 is 19.5 Å². The number of halogens is 1. The van der Waals surface area contributed by atoms with E-state index >= 15 is 0 Å². The molecule has 0 aliphatic rings. The molecule has 12 heteroatoms. The SMILES string of the molecule is Cn1c(=O)[nH]c(=O)c2c1nc(N/N=C\c1ccccc1O)n2C[C@H](O)COc1ccc(Br)cc1. The van der Waals surface area contributed by atoms with Crippen molar-refractivity contribution >= 4 is 39.3 Å². The predicted molar refractivity (Wildman–Crippen MR) is 131 cm³/mol. The first kappa shape index (κ1) is 23.3. The summed E-state index contributed by atoms with van der Waals surface area (Å²) < 4.78 is 9.14. The maximum atomic E-state index is 12.6. The van der Waals surface area contributed by atoms with E-state index in [4.69, 9.17) is 4.74 Å². The molecular formula is C22H21BrN6O5. The lowest BCUT2D eigenvalue weighted by atomic mass is 10.2. The summed E-state index contributed by atoms with van der Waals surface area (Å²) in [5.74, 6) is 0.737. The molecule has 0 saturated heterocycles. The van der Waals surface area contributed by atoms with Crippen molar-refractivity contribution in [3.63, 3.8) is 0 Å². The number of aliphatic hydroxyl groups excluding tert-OH is 1. The van der Waals surface area contributed by atoms with Gasteiger partial charge in [0.15, 0.2) is 11.2 Å². The van der Waals surface area contributed by atoms with E-state index in [1.165, 1.54) is 28.5 Å². The number of aromatic hydroxyl groups is 1. The Balaban J connectivity index is 1.62. The molecule has 2 heterocycles. The molecule has 2 aromatic heterocycles. The van der Waals surface area contributed by atoms with Crippen LogP contribution in [0.4, 0.5) is 5.95 Å². The minimum atomic E-state index is -1.01. The number of hydrogen-bond donors (Lipinski definition) is 4. The molecule has 0 aliphatic heterocycles. The Morgan fingerprint density at radius 2 is 1.97 bits per heavy atom. The lowest BCUT2D eigenvalue weighted by Gasteiger charge is -2.15. The van der Waals surface area contributed by atoms with E-state index < -0.39 is 17.4 Å². The molecule has 0 aliphatic carbocycles. The fourth-order valence-corrected chi connectivity index (χ4v) is 3.50. The van der Waals surface area contributed by atoms with Gasteiger partial charge in [0.25, 0.3) is 5.56 Å². The number of aromatic amines is 1. The van der Waals surface area contributed by atoms with E-state index in [0.29, 0.717) is 11.3 Å². The third-order valence-corrected chi connectivity index (χ3v) is 5.49. The quantitative estimate of drug-likeness (QED) is 0.201. The van der Waals surface area contributed by atoms with Crippen LogP contribution in [-0.2, 0) is 13.6 Å². The highest BCUT2D eigenvalue weighted by atomic mass is 79.9. The van der Waals surface area contributed by atoms with E-state index in [1.54, 1.807) is 30.3 Å². The van der Waals surface area contributed by atoms with Gasteiger partial charge in [-0.05, 0) is 36.4 Å². The molecule has 0 spiro atoms. The third-order valence-electron chi connectivity index (χ3n) is 4.96. The Kier molecular flexibility index (Phi) is 6.80. The highest BCUT2D eigenvalue weighted by Crippen LogP contribution is 2.19. The average Bonchev–Trinajstić information content (AvgIpc) is 3.17. The molecule has 0 amide bonds. The van der Waals surface area contributed by atoms with Crippen LogP contribution in [0.5, 0.6) is 11.5 Å². The number of aryl methyl sites for hydroxylation is 1. The molecule has 0 radical (unpaired) electrons. The maximum absolute atomic E-state index is 12.6. The van der Waals surface area contributed by atoms with Crippen molar-refractivity contribution < 1.29 is 14.9 Å². The summed E-state index contributed by atoms with van der Waals surface area (Å²) in [6.07, 6.45) is 0.371. The van der Waals surface area contributed by atoms with Crippen molar-refractivity contribution in [1.29, 1.82) is 0 Å². The molecule has 0 fully saturated rings. The zero-order valence-corrected chi connectivity index (χ0v) is 19.6. The summed E-state index contributed by atoms with van der Waals surface area (Å²) >= 11 is 3.35. The van der Waals surface area contributed by atoms with Gasteiger partial charge in [0.05, 0.1) is 12.8 Å². The van der Waals surface area contributed by atoms with Crippen LogP contribution in [0.3, 0.4) is 0 Å². The van der Waals surface area contributed by atoms with Gasteiger partial charge in [0.2, 0.25) is 5.95 Å². The number of imidazole rings is 1. The summed E-state index contributed by atoms with van der Waals surface area (Å²) in [6.45, 7) is -0.117. The van der Waals surface area contributed by atoms with E-state index in [1.807, 2.05) is 12.1 Å². The van der Waals surface area contributed by atoms with Crippen molar-refractivity contribution in [2.24, 2.45) is 12.1 Å². The van der Waals surface area contributed by atoms with Crippen LogP contribution in [0.15, 0.2) is 67.7 Å². The highest BCUT2D eigenvalue weighted by molar-refractivity contribution is 9.10. The monoisotopic (exact) mass is 528 g/mol. The predicted octanol–water partition coefficient (Wildman–Crippen LogP) is 1.78. The number of H-pyrrole nitrogens is 1. The molecule has 11 nitrogen and oxygen atoms in total. The Bertz CT molecular complexity index is 1460. The Morgan fingerprint density at radius 1 is 1.24 bits per heavy atom. The molecule has 2 aromatic carbocycles. The van der Waals surface area contributed by atoms with Gasteiger partial charge in [-0.3, -0.25) is 14.3 Å². The van der Waals surface area contributed by atoms with Gasteiger partial charge in [-0.15, -0.1) is 0 Å². The lowest BCUT2D eigenvalue weighted by molar-refractivity contribution is 0.0938. The molecule has 4 aromatic rings. The molecule has 34 heavy (non-hydrogen) atoms. The first-order valence-electron chi connectivity index (χ1n) is 10.2. The Morgan fingerprint density at radius 3 is 2.71 bits per heavy atom. The minimum Gasteiger partial charge on any atom is -0.507 e. The number of fused-ring (bicyclic) bond motifs is 1. The van der Waals surface area contributed by atoms with Crippen molar-refractivity contribution in [3.05, 3.63) is 79.4 Å². The average molecular weight is 529 g/mol. The molecule has 176 valence electrons. The highest BCUT2D eigenvalue weighted by Gasteiger charge is 2.20. The molecule has 0 saturated carbocycles. The topological polar surface area (TPSA) is 147 Å². The fraction of sp³-hybridized carbons (Fsp3) is 0.182. The number of rotatable bonds is 8. The Labute approximate surface area is 201 Å². The molecule has 0 bridgehead atoms. The van der Waals surface area contributed by atoms with E-state index in [0.717, 1.165) is 4.47 Å². The van der Waals surface area contributed by atoms with Crippen LogP contribution >= 0.6 is 15.9 Å². The summed E-state index contributed by atoms with van der Waals surface area (Å²) in [7, 11) is 1.47. The number of anilines is 1. The number of phenols is 1. The van der Waals surface area contributed by atoms with Crippen LogP contribution < -0.4 is 21.4 Å². The number of para-hydroxylation sites is 1. The number of benzene rings is 2. The largest absolute Gasteiger partial charge is 0.507 e. The van der Waals surface area contributed by atoms with Crippen LogP contribution in [-0.4, -0.2) is 48.2 Å². The summed E-state index contributed by atoms with van der Waals surface area (Å²) in [6, 6.07) is 13.8. The number of phenolic OH excluding ortho intramolecular Hbond substituents is 1. The number of nitrogens with one attached hydrogen (secondary N) is 2. The third kappa shape index (κ3) is 5.02. The molecule has 4 rings (SSSR count). The van der Waals surface area contributed by atoms with Gasteiger partial charge >= 0.3 is 5.69 Å². The van der Waals surface area contributed by atoms with E-state index in [-0.39, 0.29) is 36.0 Å². The second-order valence-electron chi connectivity index (χ2n) is 7.38. The van der Waals surface area contributed by atoms with Gasteiger partial charge in [-0.2, -0.15) is 10.1 Å². The summed E-state index contributed by atoms with van der Waals surface area (Å²) in [5, 5.41) is 24.6. The standard InChI is InChI=1S/C22H21BrN6O5/c1-28-19-18(20(32)26-22(28)33)29(11-15(30)12-34-16-8-6-14(23)7-9-16)21(25-19)27-24-10-13-4-2-3-5-17(13)31/h2-10,15,30-31H,11-12H2,1H3,(H,25,27)(H,26,32,33)/b24-10-/t15-/m0/s1. The van der Waals surface area contributed by atoms with E-state index in [9.17, 15) is 19.8 Å². The summed E-state index contributed by atoms with van der Waals surface area (Å²) in [5.41, 5.74) is 2.13. The van der Waals surface area contributed by atoms with E-state index in [2.05, 4.69) is 36.4 Å². The first-order chi connectivity index (χ1) is 16.3. The molecule has 4 N–H and O–H groups in total. The van der Waals surface area contributed by atoms with Crippen LogP contribution in [0.25, 0.3) is 11.2 Å². The van der Waals surface area contributed by atoms with Crippen molar-refractivity contribution in [2.45, 2.75) is 12.6 Å². The fourth-order valence-electron chi connectivity index (χ4n) is 3.24. The number of aliphatic hydroxyl groups is 1. The van der Waals surface area contributed by atoms with Crippen LogP contribution in [0.2, 0.25) is 0 Å². The minimum absolute atomic E-state index is 0.0425. The zero-order chi connectivity index (χ0) is 24.2. The van der Waals surface area contributed by atoms with Crippen LogP contribution in [0, 0.1) is 0 Å². The van der Waals surface area contributed by atoms with Crippen molar-refractivity contribution in [2.75, 3.05) is 12.0 Å².